The maximum Gasteiger partial charge on any atom is 0.264 e. The van der Waals surface area contributed by atoms with E-state index < -0.39 is 10.0 Å². The third-order valence-electron chi connectivity index (χ3n) is 5.77. The normalized spacial score (nSPS) is 11.4. The number of rotatable bonds is 8. The van der Waals surface area contributed by atoms with Crippen molar-refractivity contribution in [1.82, 2.24) is 9.88 Å². The van der Waals surface area contributed by atoms with Gasteiger partial charge in [-0.15, -0.1) is 12.4 Å². The average Bonchev–Trinajstić information content (AvgIpc) is 3.28. The minimum atomic E-state index is -3.78. The van der Waals surface area contributed by atoms with Crippen molar-refractivity contribution >= 4 is 72.3 Å². The Morgan fingerprint density at radius 1 is 0.973 bits per heavy atom. The summed E-state index contributed by atoms with van der Waals surface area (Å²) in [6.07, 6.45) is 0. The van der Waals surface area contributed by atoms with Gasteiger partial charge in [-0.1, -0.05) is 41.1 Å². The summed E-state index contributed by atoms with van der Waals surface area (Å²) in [7, 11) is 1.61. The number of benzene rings is 3. The maximum absolute atomic E-state index is 13.6. The lowest BCUT2D eigenvalue weighted by molar-refractivity contribution is 0.0985. The lowest BCUT2D eigenvalue weighted by atomic mass is 10.2. The Bertz CT molecular complexity index is 1490. The smallest absolute Gasteiger partial charge is 0.264 e. The number of nitrogens with zero attached hydrogens (tertiary/aromatic N) is 4. The number of para-hydroxylation sites is 1. The first-order chi connectivity index (χ1) is 17.1. The van der Waals surface area contributed by atoms with Gasteiger partial charge in [0.1, 0.15) is 0 Å². The number of anilines is 2. The summed E-state index contributed by atoms with van der Waals surface area (Å²) < 4.78 is 28.4. The van der Waals surface area contributed by atoms with Crippen molar-refractivity contribution in [3.05, 3.63) is 82.9 Å². The molecule has 3 aromatic carbocycles. The summed E-state index contributed by atoms with van der Waals surface area (Å²) in [6.45, 7) is 3.00. The Labute approximate surface area is 232 Å². The molecule has 1 amide bonds. The third kappa shape index (κ3) is 6.25. The monoisotopic (exact) mass is 578 g/mol. The second-order valence-electron chi connectivity index (χ2n) is 8.66. The quantitative estimate of drug-likeness (QED) is 0.267. The van der Waals surface area contributed by atoms with E-state index in [4.69, 9.17) is 16.6 Å². The van der Waals surface area contributed by atoms with Crippen molar-refractivity contribution in [2.45, 2.75) is 11.8 Å². The van der Waals surface area contributed by atoms with Gasteiger partial charge in [0.25, 0.3) is 15.9 Å². The van der Waals surface area contributed by atoms with Gasteiger partial charge in [-0.25, -0.2) is 13.4 Å². The van der Waals surface area contributed by atoms with E-state index in [1.807, 2.05) is 44.1 Å². The van der Waals surface area contributed by atoms with Crippen LogP contribution >= 0.6 is 35.3 Å². The zero-order valence-electron chi connectivity index (χ0n) is 20.9. The summed E-state index contributed by atoms with van der Waals surface area (Å²) in [6, 6.07) is 18.6. The number of halogens is 2. The second kappa shape index (κ2) is 11.8. The number of hydrogen-bond donors (Lipinski definition) is 0. The van der Waals surface area contributed by atoms with E-state index in [0.717, 1.165) is 15.8 Å². The van der Waals surface area contributed by atoms with Gasteiger partial charge < -0.3 is 4.90 Å². The van der Waals surface area contributed by atoms with Gasteiger partial charge >= 0.3 is 0 Å². The van der Waals surface area contributed by atoms with Gasteiger partial charge in [-0.2, -0.15) is 0 Å². The molecular weight excluding hydrogens is 551 g/mol. The van der Waals surface area contributed by atoms with E-state index >= 15 is 0 Å². The number of aryl methyl sites for hydroxylation is 1. The molecule has 7 nitrogen and oxygen atoms in total. The molecule has 196 valence electrons. The van der Waals surface area contributed by atoms with Crippen LogP contribution in [0.2, 0.25) is 5.02 Å². The Morgan fingerprint density at radius 3 is 2.24 bits per heavy atom. The van der Waals surface area contributed by atoms with Crippen LogP contribution in [-0.4, -0.2) is 58.4 Å². The highest BCUT2D eigenvalue weighted by Gasteiger charge is 2.25. The van der Waals surface area contributed by atoms with Gasteiger partial charge in [-0.3, -0.25) is 14.0 Å². The molecule has 0 fully saturated rings. The van der Waals surface area contributed by atoms with Crippen LogP contribution in [0.5, 0.6) is 0 Å². The molecule has 0 aliphatic rings. The van der Waals surface area contributed by atoms with Crippen LogP contribution in [0.3, 0.4) is 0 Å². The molecule has 0 aliphatic heterocycles. The van der Waals surface area contributed by atoms with E-state index in [1.54, 1.807) is 41.3 Å². The van der Waals surface area contributed by atoms with Crippen molar-refractivity contribution in [2.24, 2.45) is 0 Å². The Kier molecular flexibility index (Phi) is 9.20. The number of likely N-dealkylation sites (N-methyl/N-ethyl adjacent to an activating group) is 1. The summed E-state index contributed by atoms with van der Waals surface area (Å²) in [5.41, 5.74) is 2.69. The first-order valence-corrected chi connectivity index (χ1v) is 13.9. The van der Waals surface area contributed by atoms with Crippen molar-refractivity contribution < 1.29 is 13.2 Å². The standard InChI is InChI=1S/C26H27ClN4O3S2.ClH/c1-18-16-20(27)17-23-24(18)28-26(35-23)31(15-14-29(2)3)25(32)19-10-12-22(13-11-19)36(33,34)30(4)21-8-6-5-7-9-21;/h5-13,16-17H,14-15H2,1-4H3;1H. The second-order valence-corrected chi connectivity index (χ2v) is 12.1. The maximum atomic E-state index is 13.6. The number of carbonyl (C=O) groups excluding carboxylic acids is 1. The lowest BCUT2D eigenvalue weighted by Crippen LogP contribution is -2.36. The van der Waals surface area contributed by atoms with Gasteiger partial charge in [0.2, 0.25) is 0 Å². The Morgan fingerprint density at radius 2 is 1.62 bits per heavy atom. The molecule has 1 aromatic heterocycles. The van der Waals surface area contributed by atoms with E-state index in [9.17, 15) is 13.2 Å². The van der Waals surface area contributed by atoms with Crippen molar-refractivity contribution in [3.8, 4) is 0 Å². The fraction of sp³-hybridized carbons (Fsp3) is 0.231. The van der Waals surface area contributed by atoms with Crippen LogP contribution < -0.4 is 9.21 Å². The van der Waals surface area contributed by atoms with Gasteiger partial charge in [0, 0.05) is 30.7 Å². The SMILES string of the molecule is Cc1cc(Cl)cc2sc(N(CCN(C)C)C(=O)c3ccc(S(=O)(=O)N(C)c4ccccc4)cc3)nc12.Cl. The largest absolute Gasteiger partial charge is 0.308 e. The minimum absolute atomic E-state index is 0. The summed E-state index contributed by atoms with van der Waals surface area (Å²) in [5.74, 6) is -0.250. The van der Waals surface area contributed by atoms with Crippen LogP contribution in [0.15, 0.2) is 71.6 Å². The fourth-order valence-electron chi connectivity index (χ4n) is 3.70. The molecule has 0 radical (unpaired) electrons. The molecule has 4 aromatic rings. The summed E-state index contributed by atoms with van der Waals surface area (Å²) in [4.78, 5) is 22.1. The molecule has 0 spiro atoms. The molecule has 0 aliphatic carbocycles. The highest BCUT2D eigenvalue weighted by molar-refractivity contribution is 7.92. The van der Waals surface area contributed by atoms with E-state index in [1.165, 1.54) is 34.8 Å². The van der Waals surface area contributed by atoms with Crippen LogP contribution in [0.4, 0.5) is 10.8 Å². The molecule has 0 N–H and O–H groups in total. The number of fused-ring (bicyclic) bond motifs is 1. The van der Waals surface area contributed by atoms with Gasteiger partial charge in [0.05, 0.1) is 20.8 Å². The molecule has 37 heavy (non-hydrogen) atoms. The van der Waals surface area contributed by atoms with Crippen LogP contribution in [-0.2, 0) is 10.0 Å². The molecule has 4 rings (SSSR count). The average molecular weight is 580 g/mol. The third-order valence-corrected chi connectivity index (χ3v) is 8.81. The zero-order valence-corrected chi connectivity index (χ0v) is 24.1. The molecule has 0 bridgehead atoms. The molecule has 0 saturated heterocycles. The predicted molar refractivity (Wildman–Crippen MR) is 155 cm³/mol. The minimum Gasteiger partial charge on any atom is -0.308 e. The summed E-state index contributed by atoms with van der Waals surface area (Å²) >= 11 is 7.63. The zero-order chi connectivity index (χ0) is 26.0. The van der Waals surface area contributed by atoms with Crippen molar-refractivity contribution in [3.63, 3.8) is 0 Å². The molecule has 0 unspecified atom stereocenters. The first-order valence-electron chi connectivity index (χ1n) is 11.3. The number of hydrogen-bond acceptors (Lipinski definition) is 6. The van der Waals surface area contributed by atoms with E-state index in [2.05, 4.69) is 0 Å². The number of amides is 1. The molecule has 11 heteroatoms. The van der Waals surface area contributed by atoms with E-state index in [0.29, 0.717) is 34.5 Å². The highest BCUT2D eigenvalue weighted by atomic mass is 35.5. The van der Waals surface area contributed by atoms with Crippen LogP contribution in [0, 0.1) is 6.92 Å². The number of sulfonamides is 1. The highest BCUT2D eigenvalue weighted by Crippen LogP contribution is 2.33. The number of carbonyl (C=O) groups is 1. The van der Waals surface area contributed by atoms with Crippen LogP contribution in [0.1, 0.15) is 15.9 Å². The summed E-state index contributed by atoms with van der Waals surface area (Å²) in [5, 5.41) is 1.20. The number of thiazole rings is 1. The van der Waals surface area contributed by atoms with Crippen molar-refractivity contribution in [1.29, 1.82) is 0 Å². The fourth-order valence-corrected chi connectivity index (χ4v) is 6.34. The van der Waals surface area contributed by atoms with Crippen molar-refractivity contribution in [2.75, 3.05) is 43.4 Å². The molecule has 1 heterocycles. The van der Waals surface area contributed by atoms with Crippen LogP contribution in [0.25, 0.3) is 10.2 Å². The predicted octanol–water partition coefficient (Wildman–Crippen LogP) is 5.71. The lowest BCUT2D eigenvalue weighted by Gasteiger charge is -2.22. The van der Waals surface area contributed by atoms with Gasteiger partial charge in [0.15, 0.2) is 5.13 Å². The van der Waals surface area contributed by atoms with E-state index in [-0.39, 0.29) is 23.2 Å². The molecular formula is C26H28Cl2N4O3S2. The molecule has 0 atom stereocenters. The molecule has 0 saturated carbocycles. The Balaban J connectivity index is 0.00000380. The number of aromatic nitrogens is 1. The van der Waals surface area contributed by atoms with Gasteiger partial charge in [-0.05, 0) is 75.1 Å². The topological polar surface area (TPSA) is 73.8 Å². The first kappa shape index (κ1) is 28.9. The Hall–Kier alpha value is -2.69.